The molecule has 0 aliphatic carbocycles. The lowest BCUT2D eigenvalue weighted by Gasteiger charge is -2.08. The Bertz CT molecular complexity index is 1140. The van der Waals surface area contributed by atoms with E-state index in [4.69, 9.17) is 5.11 Å². The lowest BCUT2D eigenvalue weighted by atomic mass is 10.1. The Kier molecular flexibility index (Phi) is 6.10. The van der Waals surface area contributed by atoms with Crippen molar-refractivity contribution in [2.24, 2.45) is 0 Å². The highest BCUT2D eigenvalue weighted by atomic mass is 19.1. The van der Waals surface area contributed by atoms with Crippen LogP contribution < -0.4 is 10.6 Å². The molecule has 0 spiro atoms. The van der Waals surface area contributed by atoms with Crippen LogP contribution in [-0.4, -0.2) is 45.4 Å². The molecule has 0 unspecified atom stereocenters. The highest BCUT2D eigenvalue weighted by Crippen LogP contribution is 2.27. The van der Waals surface area contributed by atoms with Crippen molar-refractivity contribution in [1.29, 1.82) is 0 Å². The third kappa shape index (κ3) is 4.80. The van der Waals surface area contributed by atoms with Crippen molar-refractivity contribution in [2.75, 3.05) is 13.1 Å². The van der Waals surface area contributed by atoms with Gasteiger partial charge in [0, 0.05) is 11.8 Å². The van der Waals surface area contributed by atoms with E-state index in [2.05, 4.69) is 15.6 Å². The molecule has 0 fully saturated rings. The quantitative estimate of drug-likeness (QED) is 0.546. The van der Waals surface area contributed by atoms with E-state index >= 15 is 0 Å². The number of rotatable bonds is 7. The number of carboxylic acid groups (broad SMARTS) is 1. The molecule has 3 aromatic rings. The molecule has 0 atom stereocenters. The molecule has 0 bridgehead atoms. The van der Waals surface area contributed by atoms with Crippen LogP contribution in [0, 0.1) is 19.7 Å². The maximum absolute atomic E-state index is 13.7. The van der Waals surface area contributed by atoms with Crippen LogP contribution in [0.2, 0.25) is 0 Å². The average Bonchev–Trinajstić information content (AvgIpc) is 3.04. The number of nitrogens with zero attached hydrogens (tertiary/aromatic N) is 2. The molecule has 0 aliphatic heterocycles. The summed E-state index contributed by atoms with van der Waals surface area (Å²) in [5.74, 6) is -2.53. The molecular weight excluding hydrogens is 391 g/mol. The summed E-state index contributed by atoms with van der Waals surface area (Å²) < 4.78 is 15.5. The predicted molar refractivity (Wildman–Crippen MR) is 107 cm³/mol. The summed E-state index contributed by atoms with van der Waals surface area (Å²) in [5, 5.41) is 13.2. The number of imidazole rings is 1. The van der Waals surface area contributed by atoms with E-state index in [1.165, 1.54) is 6.07 Å². The second-order valence-corrected chi connectivity index (χ2v) is 6.93. The summed E-state index contributed by atoms with van der Waals surface area (Å²) in [4.78, 5) is 39.2. The van der Waals surface area contributed by atoms with Gasteiger partial charge in [0.2, 0.25) is 11.8 Å². The molecule has 3 rings (SSSR count). The van der Waals surface area contributed by atoms with Gasteiger partial charge in [-0.15, -0.1) is 0 Å². The Morgan fingerprint density at radius 3 is 2.50 bits per heavy atom. The van der Waals surface area contributed by atoms with Gasteiger partial charge in [-0.25, -0.2) is 9.37 Å². The Labute approximate surface area is 171 Å². The van der Waals surface area contributed by atoms with Gasteiger partial charge in [0.25, 0.3) is 0 Å². The number of fused-ring (bicyclic) bond motifs is 1. The van der Waals surface area contributed by atoms with Gasteiger partial charge in [0.15, 0.2) is 0 Å². The molecule has 0 saturated carbocycles. The van der Waals surface area contributed by atoms with Gasteiger partial charge in [-0.05, 0) is 49.2 Å². The topological polar surface area (TPSA) is 113 Å². The number of carbonyl (C=O) groups is 3. The number of halogens is 1. The normalized spacial score (nSPS) is 10.8. The molecular formula is C21H21FN4O4. The number of nitrogens with one attached hydrogen (secondary N) is 2. The van der Waals surface area contributed by atoms with Crippen LogP contribution in [0.1, 0.15) is 16.8 Å². The molecule has 0 radical (unpaired) electrons. The van der Waals surface area contributed by atoms with Crippen LogP contribution in [0.25, 0.3) is 16.9 Å². The SMILES string of the molecule is Cc1ccc2nc(-c3ccc(F)c(C)c3)c(CC(=O)NCC(=O)NCC(=O)O)n2c1. The minimum absolute atomic E-state index is 0.0669. The smallest absolute Gasteiger partial charge is 0.322 e. The number of hydrogen-bond donors (Lipinski definition) is 3. The summed E-state index contributed by atoms with van der Waals surface area (Å²) in [6.07, 6.45) is 1.78. The lowest BCUT2D eigenvalue weighted by molar-refractivity contribution is -0.137. The fourth-order valence-corrected chi connectivity index (χ4v) is 3.02. The first kappa shape index (κ1) is 21.0. The molecule has 9 heteroatoms. The molecule has 0 saturated heterocycles. The number of carbonyl (C=O) groups excluding carboxylic acids is 2. The monoisotopic (exact) mass is 412 g/mol. The molecule has 1 aromatic carbocycles. The van der Waals surface area contributed by atoms with Gasteiger partial charge in [-0.2, -0.15) is 0 Å². The first-order valence-corrected chi connectivity index (χ1v) is 9.24. The maximum atomic E-state index is 13.7. The van der Waals surface area contributed by atoms with Gasteiger partial charge in [-0.1, -0.05) is 6.07 Å². The van der Waals surface area contributed by atoms with Crippen molar-refractivity contribution >= 4 is 23.4 Å². The minimum atomic E-state index is -1.17. The number of benzene rings is 1. The van der Waals surface area contributed by atoms with E-state index in [-0.39, 0.29) is 18.8 Å². The first-order valence-electron chi connectivity index (χ1n) is 9.24. The van der Waals surface area contributed by atoms with E-state index in [0.717, 1.165) is 5.56 Å². The highest BCUT2D eigenvalue weighted by molar-refractivity contribution is 5.88. The molecule has 2 amide bonds. The number of aliphatic carboxylic acids is 1. The zero-order valence-electron chi connectivity index (χ0n) is 16.5. The molecule has 8 nitrogen and oxygen atoms in total. The molecule has 2 aromatic heterocycles. The minimum Gasteiger partial charge on any atom is -0.480 e. The number of pyridine rings is 1. The third-order valence-electron chi connectivity index (χ3n) is 4.51. The summed E-state index contributed by atoms with van der Waals surface area (Å²) in [6.45, 7) is 2.71. The van der Waals surface area contributed by atoms with Crippen molar-refractivity contribution in [1.82, 2.24) is 20.0 Å². The van der Waals surface area contributed by atoms with Crippen molar-refractivity contribution < 1.29 is 23.9 Å². The zero-order valence-corrected chi connectivity index (χ0v) is 16.5. The Hall–Kier alpha value is -3.75. The van der Waals surface area contributed by atoms with E-state index < -0.39 is 24.3 Å². The fourth-order valence-electron chi connectivity index (χ4n) is 3.02. The van der Waals surface area contributed by atoms with Crippen LogP contribution in [0.5, 0.6) is 0 Å². The lowest BCUT2D eigenvalue weighted by Crippen LogP contribution is -2.39. The summed E-state index contributed by atoms with van der Waals surface area (Å²) in [6, 6.07) is 8.37. The number of aromatic nitrogens is 2. The zero-order chi connectivity index (χ0) is 21.8. The number of amides is 2. The van der Waals surface area contributed by atoms with Gasteiger partial charge >= 0.3 is 5.97 Å². The Morgan fingerprint density at radius 1 is 1.07 bits per heavy atom. The number of aryl methyl sites for hydroxylation is 2. The standard InChI is InChI=1S/C21H21FN4O4/c1-12-3-6-17-25-21(14-4-5-15(22)13(2)7-14)16(26(17)11-12)8-18(27)23-9-19(28)24-10-20(29)30/h3-7,11H,8-10H2,1-2H3,(H,23,27)(H,24,28)(H,29,30). The second kappa shape index (κ2) is 8.73. The number of carboxylic acids is 1. The van der Waals surface area contributed by atoms with Crippen molar-refractivity contribution in [3.63, 3.8) is 0 Å². The van der Waals surface area contributed by atoms with Gasteiger partial charge in [0.1, 0.15) is 18.0 Å². The van der Waals surface area contributed by atoms with Crippen molar-refractivity contribution in [3.05, 3.63) is 59.2 Å². The van der Waals surface area contributed by atoms with Crippen LogP contribution in [0.3, 0.4) is 0 Å². The largest absolute Gasteiger partial charge is 0.480 e. The van der Waals surface area contributed by atoms with E-state index in [9.17, 15) is 18.8 Å². The summed E-state index contributed by atoms with van der Waals surface area (Å²) in [7, 11) is 0. The molecule has 2 heterocycles. The summed E-state index contributed by atoms with van der Waals surface area (Å²) in [5.41, 5.74) is 3.90. The number of hydrogen-bond acceptors (Lipinski definition) is 4. The van der Waals surface area contributed by atoms with Crippen molar-refractivity contribution in [3.8, 4) is 11.3 Å². The van der Waals surface area contributed by atoms with Gasteiger partial charge < -0.3 is 20.1 Å². The van der Waals surface area contributed by atoms with Crippen LogP contribution in [0.15, 0.2) is 36.5 Å². The average molecular weight is 412 g/mol. The molecule has 156 valence electrons. The van der Waals surface area contributed by atoms with Gasteiger partial charge in [-0.3, -0.25) is 14.4 Å². The van der Waals surface area contributed by atoms with Gasteiger partial charge in [0.05, 0.1) is 24.4 Å². The predicted octanol–water partition coefficient (Wildman–Crippen LogP) is 1.62. The van der Waals surface area contributed by atoms with E-state index in [0.29, 0.717) is 28.2 Å². The Balaban J connectivity index is 1.87. The van der Waals surface area contributed by atoms with Crippen LogP contribution in [0.4, 0.5) is 4.39 Å². The third-order valence-corrected chi connectivity index (χ3v) is 4.51. The second-order valence-electron chi connectivity index (χ2n) is 6.93. The highest BCUT2D eigenvalue weighted by Gasteiger charge is 2.18. The molecule has 0 aliphatic rings. The molecule has 30 heavy (non-hydrogen) atoms. The van der Waals surface area contributed by atoms with E-state index in [1.807, 2.05) is 25.3 Å². The maximum Gasteiger partial charge on any atom is 0.322 e. The van der Waals surface area contributed by atoms with E-state index in [1.54, 1.807) is 23.5 Å². The first-order chi connectivity index (χ1) is 14.2. The van der Waals surface area contributed by atoms with Crippen LogP contribution in [-0.2, 0) is 20.8 Å². The van der Waals surface area contributed by atoms with Crippen molar-refractivity contribution in [2.45, 2.75) is 20.3 Å². The Morgan fingerprint density at radius 2 is 1.80 bits per heavy atom. The fraction of sp³-hybridized carbons (Fsp3) is 0.238. The van der Waals surface area contributed by atoms with Crippen LogP contribution >= 0.6 is 0 Å². The molecule has 3 N–H and O–H groups in total. The summed E-state index contributed by atoms with van der Waals surface area (Å²) >= 11 is 0.